The van der Waals surface area contributed by atoms with E-state index in [1.165, 1.54) is 22.3 Å². The molecule has 5 aromatic carbocycles. The van der Waals surface area contributed by atoms with Crippen molar-refractivity contribution in [3.05, 3.63) is 203 Å². The number of Topliss-reactive ketones (excluding diaryl/α,β-unsaturated/α-hetero) is 1. The third kappa shape index (κ3) is 6.98. The van der Waals surface area contributed by atoms with Gasteiger partial charge in [-0.3, -0.25) is 4.79 Å². The fourth-order valence-corrected chi connectivity index (χ4v) is 6.63. The first kappa shape index (κ1) is 30.9. The number of aliphatic hydroxyl groups is 1. The molecule has 4 nitrogen and oxygen atoms in total. The van der Waals surface area contributed by atoms with Gasteiger partial charge in [0.25, 0.3) is 0 Å². The zero-order valence-corrected chi connectivity index (χ0v) is 26.9. The van der Waals surface area contributed by atoms with E-state index in [2.05, 4.69) is 143 Å². The van der Waals surface area contributed by atoms with Gasteiger partial charge in [-0.1, -0.05) is 146 Å². The molecule has 7 rings (SSSR count). The highest BCUT2D eigenvalue weighted by Crippen LogP contribution is 2.42. The summed E-state index contributed by atoms with van der Waals surface area (Å²) in [7, 11) is 0. The maximum Gasteiger partial charge on any atom is 0.199 e. The first-order chi connectivity index (χ1) is 23.6. The average molecular weight is 628 g/mol. The summed E-state index contributed by atoms with van der Waals surface area (Å²) < 4.78 is 2.35. The third-order valence-electron chi connectivity index (χ3n) is 9.19. The molecule has 236 valence electrons. The molecule has 0 aromatic heterocycles. The van der Waals surface area contributed by atoms with Crippen molar-refractivity contribution >= 4 is 22.8 Å². The van der Waals surface area contributed by atoms with Crippen LogP contribution in [0.5, 0.6) is 0 Å². The van der Waals surface area contributed by atoms with E-state index in [9.17, 15) is 9.90 Å². The number of carbonyl (C=O) groups is 1. The van der Waals surface area contributed by atoms with Crippen LogP contribution >= 0.6 is 0 Å². The van der Waals surface area contributed by atoms with Crippen molar-refractivity contribution in [3.63, 3.8) is 0 Å². The molecule has 0 fully saturated rings. The molecule has 0 radical (unpaired) electrons. The molecule has 0 amide bonds. The van der Waals surface area contributed by atoms with Crippen LogP contribution in [0.1, 0.15) is 27.8 Å². The molecule has 1 unspecified atom stereocenters. The number of nitrogens with zero attached hydrogens (tertiary/aromatic N) is 2. The number of hydrogen-bond donors (Lipinski definition) is 1. The molecule has 0 saturated carbocycles. The molecule has 48 heavy (non-hydrogen) atoms. The average Bonchev–Trinajstić information content (AvgIpc) is 3.14. The molecule has 0 spiro atoms. The molecule has 0 bridgehead atoms. The Kier molecular flexibility index (Phi) is 9.24. The van der Waals surface area contributed by atoms with Gasteiger partial charge in [-0.2, -0.15) is 0 Å². The summed E-state index contributed by atoms with van der Waals surface area (Å²) in [5, 5.41) is 11.2. The number of carbonyl (C=O) groups excluding carboxylic acids is 1. The molecule has 2 aliphatic rings. The van der Waals surface area contributed by atoms with Crippen LogP contribution in [0.4, 0.5) is 5.69 Å². The standard InChI is InChI=1S/C44H38N2O2/c47-43-41(37-21-25-39(26-22-37)45(29-33-13-5-1-6-14-33)30-34-15-7-2-8-16-34)44(48)42(43)38-23-27-40(28-24-38)46(31-35-17-9-3-10-18-35)32-36-19-11-4-12-20-36/h1-28,37,41H,29-32H2/p+1. The minimum Gasteiger partial charge on any atom is -0.511 e. The van der Waals surface area contributed by atoms with Crippen LogP contribution in [-0.2, 0) is 31.0 Å². The van der Waals surface area contributed by atoms with Gasteiger partial charge in [0.05, 0.1) is 11.5 Å². The third-order valence-corrected chi connectivity index (χ3v) is 9.19. The lowest BCUT2D eigenvalue weighted by molar-refractivity contribution is -0.558. The Balaban J connectivity index is 1.09. The van der Waals surface area contributed by atoms with Crippen LogP contribution in [-0.4, -0.2) is 21.2 Å². The molecule has 5 aromatic rings. The number of ketones is 1. The molecule has 0 heterocycles. The lowest BCUT2D eigenvalue weighted by atomic mass is 9.71. The summed E-state index contributed by atoms with van der Waals surface area (Å²) in [5.41, 5.74) is 8.25. The van der Waals surface area contributed by atoms with E-state index >= 15 is 0 Å². The van der Waals surface area contributed by atoms with Gasteiger partial charge < -0.3 is 10.0 Å². The smallest absolute Gasteiger partial charge is 0.199 e. The van der Waals surface area contributed by atoms with Crippen molar-refractivity contribution in [3.8, 4) is 0 Å². The summed E-state index contributed by atoms with van der Waals surface area (Å²) in [5.74, 6) is -0.588. The zero-order chi connectivity index (χ0) is 32.7. The minimum absolute atomic E-state index is 0.0149. The van der Waals surface area contributed by atoms with E-state index in [0.717, 1.165) is 43.1 Å². The normalized spacial score (nSPS) is 16.9. The van der Waals surface area contributed by atoms with E-state index in [4.69, 9.17) is 0 Å². The number of benzene rings is 5. The zero-order valence-electron chi connectivity index (χ0n) is 26.9. The molecule has 1 atom stereocenters. The summed E-state index contributed by atoms with van der Waals surface area (Å²) >= 11 is 0. The summed E-state index contributed by atoms with van der Waals surface area (Å²) in [6.45, 7) is 3.06. The van der Waals surface area contributed by atoms with Gasteiger partial charge in [-0.15, -0.1) is 0 Å². The number of aliphatic hydroxyl groups excluding tert-OH is 1. The van der Waals surface area contributed by atoms with Gasteiger partial charge in [0.1, 0.15) is 5.76 Å². The van der Waals surface area contributed by atoms with Crippen LogP contribution < -0.4 is 4.90 Å². The van der Waals surface area contributed by atoms with Gasteiger partial charge in [-0.05, 0) is 28.8 Å². The Morgan fingerprint density at radius 2 is 1.00 bits per heavy atom. The van der Waals surface area contributed by atoms with E-state index in [1.807, 2.05) is 36.4 Å². The molecule has 0 aliphatic heterocycles. The quantitative estimate of drug-likeness (QED) is 0.149. The topological polar surface area (TPSA) is 43.6 Å². The van der Waals surface area contributed by atoms with Crippen molar-refractivity contribution in [2.45, 2.75) is 26.2 Å². The first-order valence-corrected chi connectivity index (χ1v) is 16.6. The Morgan fingerprint density at radius 1 is 0.562 bits per heavy atom. The predicted molar refractivity (Wildman–Crippen MR) is 195 cm³/mol. The van der Waals surface area contributed by atoms with Crippen molar-refractivity contribution in [1.29, 1.82) is 0 Å². The minimum atomic E-state index is -0.557. The number of rotatable bonds is 11. The molecule has 0 saturated heterocycles. The highest BCUT2D eigenvalue weighted by Gasteiger charge is 2.44. The Hall–Kier alpha value is -5.74. The van der Waals surface area contributed by atoms with Crippen LogP contribution in [0.15, 0.2) is 176 Å². The van der Waals surface area contributed by atoms with Crippen LogP contribution in [0.2, 0.25) is 0 Å². The van der Waals surface area contributed by atoms with Gasteiger partial charge in [0.2, 0.25) is 0 Å². The highest BCUT2D eigenvalue weighted by molar-refractivity contribution is 6.30. The van der Waals surface area contributed by atoms with Gasteiger partial charge in [0, 0.05) is 48.0 Å². The number of anilines is 1. The van der Waals surface area contributed by atoms with Gasteiger partial charge in [-0.25, -0.2) is 4.58 Å². The Bertz CT molecular complexity index is 1880. The van der Waals surface area contributed by atoms with Crippen molar-refractivity contribution in [2.75, 3.05) is 4.90 Å². The molecule has 2 aliphatic carbocycles. The fourth-order valence-electron chi connectivity index (χ4n) is 6.63. The van der Waals surface area contributed by atoms with Gasteiger partial charge in [0.15, 0.2) is 24.6 Å². The molecular weight excluding hydrogens is 588 g/mol. The van der Waals surface area contributed by atoms with Crippen molar-refractivity contribution in [1.82, 2.24) is 0 Å². The van der Waals surface area contributed by atoms with E-state index < -0.39 is 5.92 Å². The molecular formula is C44H39N2O2+. The molecule has 4 heteroatoms. The van der Waals surface area contributed by atoms with Crippen LogP contribution in [0.25, 0.3) is 5.57 Å². The largest absolute Gasteiger partial charge is 0.511 e. The Morgan fingerprint density at radius 3 is 1.44 bits per heavy atom. The second-order valence-corrected chi connectivity index (χ2v) is 12.5. The van der Waals surface area contributed by atoms with Crippen LogP contribution in [0, 0.1) is 11.8 Å². The second-order valence-electron chi connectivity index (χ2n) is 12.5. The maximum atomic E-state index is 13.6. The maximum absolute atomic E-state index is 13.6. The summed E-state index contributed by atoms with van der Waals surface area (Å²) in [6, 6.07) is 49.8. The van der Waals surface area contributed by atoms with Gasteiger partial charge >= 0.3 is 0 Å². The first-order valence-electron chi connectivity index (χ1n) is 16.6. The second kappa shape index (κ2) is 14.4. The van der Waals surface area contributed by atoms with Crippen LogP contribution in [0.3, 0.4) is 0 Å². The lowest BCUT2D eigenvalue weighted by Crippen LogP contribution is -2.36. The predicted octanol–water partition coefficient (Wildman–Crippen LogP) is 8.96. The monoisotopic (exact) mass is 627 g/mol. The summed E-state index contributed by atoms with van der Waals surface area (Å²) in [4.78, 5) is 15.9. The number of hydrogen-bond acceptors (Lipinski definition) is 3. The molecule has 1 N–H and O–H groups in total. The van der Waals surface area contributed by atoms with E-state index in [1.54, 1.807) is 0 Å². The highest BCUT2D eigenvalue weighted by atomic mass is 16.3. The summed E-state index contributed by atoms with van der Waals surface area (Å²) in [6.07, 6.45) is 8.31. The SMILES string of the molecule is O=C1C(c2ccc(N(Cc3ccccc3)Cc3ccccc3)cc2)=C(O)C1C1C=CC(=[N+](Cc2ccccc2)Cc2ccccc2)C=C1. The van der Waals surface area contributed by atoms with E-state index in [-0.39, 0.29) is 17.5 Å². The lowest BCUT2D eigenvalue weighted by Gasteiger charge is -2.32. The number of allylic oxidation sites excluding steroid dienone is 6. The fraction of sp³-hybridized carbons (Fsp3) is 0.136. The van der Waals surface area contributed by atoms with Crippen molar-refractivity contribution in [2.24, 2.45) is 11.8 Å². The van der Waals surface area contributed by atoms with Crippen molar-refractivity contribution < 1.29 is 14.5 Å². The van der Waals surface area contributed by atoms with E-state index in [0.29, 0.717) is 5.57 Å². The Labute approximate surface area is 283 Å².